The number of piperazine rings is 1. The van der Waals surface area contributed by atoms with Crippen LogP contribution in [-0.4, -0.2) is 62.0 Å². The van der Waals surface area contributed by atoms with Crippen molar-refractivity contribution < 1.29 is 9.59 Å². The molecule has 2 amide bonds. The van der Waals surface area contributed by atoms with E-state index in [0.717, 1.165) is 45.6 Å². The molecule has 1 aliphatic heterocycles. The second-order valence-corrected chi connectivity index (χ2v) is 10.2. The molecule has 184 valence electrons. The van der Waals surface area contributed by atoms with Crippen molar-refractivity contribution in [2.24, 2.45) is 0 Å². The van der Waals surface area contributed by atoms with Crippen LogP contribution in [0.15, 0.2) is 54.6 Å². The Labute approximate surface area is 204 Å². The van der Waals surface area contributed by atoms with Crippen LogP contribution >= 0.6 is 0 Å². The van der Waals surface area contributed by atoms with Crippen LogP contribution in [0.25, 0.3) is 0 Å². The molecule has 2 aromatic carbocycles. The molecule has 6 nitrogen and oxygen atoms in total. The lowest BCUT2D eigenvalue weighted by Gasteiger charge is -2.36. The number of nitrogens with zero attached hydrogens (tertiary/aromatic N) is 2. The lowest BCUT2D eigenvalue weighted by molar-refractivity contribution is -0.122. The molecule has 1 saturated heterocycles. The van der Waals surface area contributed by atoms with E-state index in [2.05, 4.69) is 71.5 Å². The molecule has 1 unspecified atom stereocenters. The van der Waals surface area contributed by atoms with E-state index in [4.69, 9.17) is 0 Å². The van der Waals surface area contributed by atoms with Gasteiger partial charge >= 0.3 is 0 Å². The third-order valence-corrected chi connectivity index (χ3v) is 6.45. The first-order valence-electron chi connectivity index (χ1n) is 12.5. The van der Waals surface area contributed by atoms with Gasteiger partial charge in [0.15, 0.2) is 0 Å². The Morgan fingerprint density at radius 1 is 0.912 bits per heavy atom. The molecule has 3 rings (SSSR count). The summed E-state index contributed by atoms with van der Waals surface area (Å²) in [5.74, 6) is -0.367. The Morgan fingerprint density at radius 2 is 1.56 bits per heavy atom. The van der Waals surface area contributed by atoms with Gasteiger partial charge in [0.1, 0.15) is 6.04 Å². The number of para-hydroxylation sites is 1. The van der Waals surface area contributed by atoms with Crippen LogP contribution in [0, 0.1) is 0 Å². The van der Waals surface area contributed by atoms with Crippen LogP contribution in [0.5, 0.6) is 0 Å². The van der Waals surface area contributed by atoms with E-state index >= 15 is 0 Å². The molecule has 0 saturated carbocycles. The van der Waals surface area contributed by atoms with Gasteiger partial charge in [-0.25, -0.2) is 0 Å². The lowest BCUT2D eigenvalue weighted by atomic mass is 9.86. The predicted molar refractivity (Wildman–Crippen MR) is 139 cm³/mol. The molecule has 6 heteroatoms. The van der Waals surface area contributed by atoms with E-state index in [-0.39, 0.29) is 17.2 Å². The molecule has 34 heavy (non-hydrogen) atoms. The van der Waals surface area contributed by atoms with Crippen molar-refractivity contribution in [3.8, 4) is 0 Å². The highest BCUT2D eigenvalue weighted by Crippen LogP contribution is 2.22. The summed E-state index contributed by atoms with van der Waals surface area (Å²) in [6.07, 6.45) is 1.98. The standard InChI is InChI=1S/C28H40N4O2/c1-22(30-27(34)23-12-14-24(15-13-23)28(2,3)4)26(33)29-16-8-9-17-31-18-20-32(21-19-31)25-10-6-5-7-11-25/h5-7,10-15,22H,8-9,16-21H2,1-4H3,(H,29,33)(H,30,34). The van der Waals surface area contributed by atoms with Crippen molar-refractivity contribution in [2.75, 3.05) is 44.2 Å². The summed E-state index contributed by atoms with van der Waals surface area (Å²) < 4.78 is 0. The monoisotopic (exact) mass is 464 g/mol. The molecule has 0 aromatic heterocycles. The highest BCUT2D eigenvalue weighted by Gasteiger charge is 2.19. The summed E-state index contributed by atoms with van der Waals surface area (Å²) in [5.41, 5.74) is 3.08. The van der Waals surface area contributed by atoms with Gasteiger partial charge in [0.05, 0.1) is 0 Å². The predicted octanol–water partition coefficient (Wildman–Crippen LogP) is 3.82. The smallest absolute Gasteiger partial charge is 0.251 e. The zero-order chi connectivity index (χ0) is 24.6. The number of carbonyl (C=O) groups is 2. The molecule has 0 spiro atoms. The number of carbonyl (C=O) groups excluding carboxylic acids is 2. The fourth-order valence-electron chi connectivity index (χ4n) is 4.16. The summed E-state index contributed by atoms with van der Waals surface area (Å²) in [6, 6.07) is 17.6. The summed E-state index contributed by atoms with van der Waals surface area (Å²) in [5, 5.41) is 5.75. The summed E-state index contributed by atoms with van der Waals surface area (Å²) >= 11 is 0. The Bertz CT molecular complexity index is 914. The van der Waals surface area contributed by atoms with Crippen molar-refractivity contribution in [1.29, 1.82) is 0 Å². The fraction of sp³-hybridized carbons (Fsp3) is 0.500. The molecule has 2 aromatic rings. The van der Waals surface area contributed by atoms with Crippen molar-refractivity contribution in [1.82, 2.24) is 15.5 Å². The molecule has 1 heterocycles. The minimum Gasteiger partial charge on any atom is -0.369 e. The molecule has 1 aliphatic rings. The number of nitrogens with one attached hydrogen (secondary N) is 2. The summed E-state index contributed by atoms with van der Waals surface area (Å²) in [6.45, 7) is 14.1. The highest BCUT2D eigenvalue weighted by molar-refractivity contribution is 5.97. The normalized spacial score (nSPS) is 15.6. The Balaban J connectivity index is 1.29. The first kappa shape index (κ1) is 25.8. The second-order valence-electron chi connectivity index (χ2n) is 10.2. The lowest BCUT2D eigenvalue weighted by Crippen LogP contribution is -2.47. The van der Waals surface area contributed by atoms with E-state index in [1.165, 1.54) is 11.3 Å². The molecular weight excluding hydrogens is 424 g/mol. The summed E-state index contributed by atoms with van der Waals surface area (Å²) in [7, 11) is 0. The third kappa shape index (κ3) is 7.59. The number of amides is 2. The minimum atomic E-state index is -0.569. The van der Waals surface area contributed by atoms with Gasteiger partial charge in [-0.2, -0.15) is 0 Å². The zero-order valence-electron chi connectivity index (χ0n) is 21.1. The maximum atomic E-state index is 12.5. The Kier molecular flexibility index (Phi) is 9.11. The van der Waals surface area contributed by atoms with Gasteiger partial charge in [-0.3, -0.25) is 14.5 Å². The number of anilines is 1. The van der Waals surface area contributed by atoms with Crippen molar-refractivity contribution in [3.05, 3.63) is 65.7 Å². The van der Waals surface area contributed by atoms with Gasteiger partial charge in [-0.1, -0.05) is 51.1 Å². The van der Waals surface area contributed by atoms with Crippen LogP contribution in [-0.2, 0) is 10.2 Å². The molecule has 0 bridgehead atoms. The first-order chi connectivity index (χ1) is 16.2. The quantitative estimate of drug-likeness (QED) is 0.554. The molecule has 1 fully saturated rings. The topological polar surface area (TPSA) is 64.7 Å². The van der Waals surface area contributed by atoms with Crippen LogP contribution in [0.1, 0.15) is 56.5 Å². The van der Waals surface area contributed by atoms with Gasteiger partial charge in [-0.15, -0.1) is 0 Å². The largest absolute Gasteiger partial charge is 0.369 e. The average Bonchev–Trinajstić information content (AvgIpc) is 2.84. The third-order valence-electron chi connectivity index (χ3n) is 6.45. The van der Waals surface area contributed by atoms with Crippen LogP contribution in [0.4, 0.5) is 5.69 Å². The highest BCUT2D eigenvalue weighted by atomic mass is 16.2. The van der Waals surface area contributed by atoms with Crippen LogP contribution < -0.4 is 15.5 Å². The van der Waals surface area contributed by atoms with E-state index in [1.807, 2.05) is 24.3 Å². The number of rotatable bonds is 9. The van der Waals surface area contributed by atoms with Crippen molar-refractivity contribution >= 4 is 17.5 Å². The molecule has 0 radical (unpaired) electrons. The van der Waals surface area contributed by atoms with E-state index in [0.29, 0.717) is 12.1 Å². The number of benzene rings is 2. The Morgan fingerprint density at radius 3 is 2.18 bits per heavy atom. The van der Waals surface area contributed by atoms with Crippen LogP contribution in [0.2, 0.25) is 0 Å². The van der Waals surface area contributed by atoms with Crippen LogP contribution in [0.3, 0.4) is 0 Å². The number of hydrogen-bond donors (Lipinski definition) is 2. The molecule has 0 aliphatic carbocycles. The SMILES string of the molecule is CC(NC(=O)c1ccc(C(C)(C)C)cc1)C(=O)NCCCCN1CCN(c2ccccc2)CC1. The molecule has 1 atom stereocenters. The van der Waals surface area contributed by atoms with E-state index in [1.54, 1.807) is 6.92 Å². The zero-order valence-corrected chi connectivity index (χ0v) is 21.1. The van der Waals surface area contributed by atoms with Crippen molar-refractivity contribution in [2.45, 2.75) is 52.0 Å². The maximum absolute atomic E-state index is 12.5. The second kappa shape index (κ2) is 12.0. The maximum Gasteiger partial charge on any atom is 0.251 e. The van der Waals surface area contributed by atoms with Gasteiger partial charge in [0.2, 0.25) is 5.91 Å². The van der Waals surface area contributed by atoms with Gasteiger partial charge in [-0.05, 0) is 61.6 Å². The number of hydrogen-bond acceptors (Lipinski definition) is 4. The average molecular weight is 465 g/mol. The first-order valence-corrected chi connectivity index (χ1v) is 12.5. The number of unbranched alkanes of at least 4 members (excludes halogenated alkanes) is 1. The Hall–Kier alpha value is -2.86. The van der Waals surface area contributed by atoms with Gasteiger partial charge in [0, 0.05) is 44.0 Å². The van der Waals surface area contributed by atoms with Gasteiger partial charge in [0.25, 0.3) is 5.91 Å². The minimum absolute atomic E-state index is 0.0404. The van der Waals surface area contributed by atoms with E-state index < -0.39 is 6.04 Å². The molecule has 2 N–H and O–H groups in total. The fourth-order valence-corrected chi connectivity index (χ4v) is 4.16. The van der Waals surface area contributed by atoms with E-state index in [9.17, 15) is 9.59 Å². The summed E-state index contributed by atoms with van der Waals surface area (Å²) in [4.78, 5) is 29.8. The van der Waals surface area contributed by atoms with Crippen molar-refractivity contribution in [3.63, 3.8) is 0 Å². The van der Waals surface area contributed by atoms with Gasteiger partial charge < -0.3 is 15.5 Å². The molecular formula is C28H40N4O2.